The molecule has 10 atom stereocenters. The maximum Gasteiger partial charge on any atom is 0.326 e. The van der Waals surface area contributed by atoms with Crippen molar-refractivity contribution >= 4 is 65.3 Å². The molecule has 0 spiro atoms. The predicted molar refractivity (Wildman–Crippen MR) is 266 cm³/mol. The van der Waals surface area contributed by atoms with E-state index in [1.165, 1.54) is 24.3 Å². The maximum absolute atomic E-state index is 14.2. The van der Waals surface area contributed by atoms with Crippen molar-refractivity contribution in [3.63, 3.8) is 0 Å². The number of guanidine groups is 1. The second-order valence-electron chi connectivity index (χ2n) is 18.8. The standard InChI is InChI=1S/C47H77N11O16/c1-7-25(6)38(45(72)55-29(9-8-20-51-47(49)50)42(69)57-37(24(4)5)44(71)56-33(46(73)74)21-23(2)3)58-43(70)32(16-19-36(64)65)54-41(68)31(15-18-35(62)63)53-40(67)30(14-17-34(60)61)52-39(66)28(48)22-26-10-12-27(59)13-11-26/h10-13,23-25,28-33,37-38,43,58-59,70H,7-9,14-22,48H2,1-6H3,(H,52,66)(H,53,67)(H,54,68)(H,55,72)(H,56,71)(H,57,69)(H,60,61)(H,62,63)(H,64,65)(H,73,74)(H4,49,50,51). The monoisotopic (exact) mass is 1050 g/mol. The molecule has 0 aromatic heterocycles. The van der Waals surface area contributed by atoms with E-state index < -0.39 is 164 Å². The van der Waals surface area contributed by atoms with E-state index in [1.54, 1.807) is 41.5 Å². The Morgan fingerprint density at radius 1 is 0.595 bits per heavy atom. The van der Waals surface area contributed by atoms with Gasteiger partial charge >= 0.3 is 23.9 Å². The van der Waals surface area contributed by atoms with Crippen LogP contribution in [0.4, 0.5) is 0 Å². The first-order valence-electron chi connectivity index (χ1n) is 24.3. The number of hydrogen-bond acceptors (Lipinski definition) is 15. The van der Waals surface area contributed by atoms with Crippen LogP contribution >= 0.6 is 0 Å². The summed E-state index contributed by atoms with van der Waals surface area (Å²) in [6, 6.07) is -5.80. The van der Waals surface area contributed by atoms with E-state index in [0.717, 1.165) is 0 Å². The van der Waals surface area contributed by atoms with Gasteiger partial charge in [0.2, 0.25) is 35.4 Å². The van der Waals surface area contributed by atoms with Crippen LogP contribution in [0.2, 0.25) is 0 Å². The SMILES string of the molecule is CCC(C)C(NC(O)C(CCC(=O)O)NC(=O)C(CCC(=O)O)NC(=O)C(CCC(=O)O)NC(=O)C(N)Cc1ccc(O)cc1)C(=O)NC(CCCN=C(N)N)C(=O)NC(C(=O)NC(CC(C)C)C(=O)O)C(C)C. The van der Waals surface area contributed by atoms with Crippen LogP contribution < -0.4 is 54.4 Å². The molecule has 0 aliphatic carbocycles. The van der Waals surface area contributed by atoms with Crippen LogP contribution in [0.25, 0.3) is 0 Å². The fourth-order valence-electron chi connectivity index (χ4n) is 7.29. The summed E-state index contributed by atoms with van der Waals surface area (Å²) in [5, 5.41) is 76.9. The minimum absolute atomic E-state index is 0.0179. The Kier molecular flexibility index (Phi) is 28.8. The number of nitrogens with zero attached hydrogens (tertiary/aromatic N) is 1. The third-order valence-corrected chi connectivity index (χ3v) is 11.7. The highest BCUT2D eigenvalue weighted by atomic mass is 16.4. The maximum atomic E-state index is 14.2. The van der Waals surface area contributed by atoms with Crippen molar-refractivity contribution in [2.75, 3.05) is 6.54 Å². The molecule has 0 saturated carbocycles. The Morgan fingerprint density at radius 3 is 1.54 bits per heavy atom. The molecule has 0 aliphatic rings. The summed E-state index contributed by atoms with van der Waals surface area (Å²) < 4.78 is 0. The summed E-state index contributed by atoms with van der Waals surface area (Å²) in [5.74, 6) is -12.7. The van der Waals surface area contributed by atoms with Crippen LogP contribution in [0, 0.1) is 17.8 Å². The Balaban J connectivity index is 3.54. The van der Waals surface area contributed by atoms with Crippen LogP contribution in [-0.4, -0.2) is 157 Å². The molecule has 416 valence electrons. The number of carbonyl (C=O) groups excluding carboxylic acids is 6. The Labute approximate surface area is 429 Å². The van der Waals surface area contributed by atoms with Gasteiger partial charge in [0, 0.05) is 25.8 Å². The van der Waals surface area contributed by atoms with Crippen molar-refractivity contribution in [3.05, 3.63) is 29.8 Å². The molecule has 1 aromatic rings. The van der Waals surface area contributed by atoms with Crippen LogP contribution in [0.5, 0.6) is 5.75 Å². The van der Waals surface area contributed by atoms with E-state index in [0.29, 0.717) is 5.56 Å². The summed E-state index contributed by atoms with van der Waals surface area (Å²) in [4.78, 5) is 133. The third-order valence-electron chi connectivity index (χ3n) is 11.7. The molecular formula is C47H77N11O16. The predicted octanol–water partition coefficient (Wildman–Crippen LogP) is -2.07. The van der Waals surface area contributed by atoms with Gasteiger partial charge in [-0.15, -0.1) is 0 Å². The number of nitrogens with one attached hydrogen (secondary N) is 7. The lowest BCUT2D eigenvalue weighted by molar-refractivity contribution is -0.143. The van der Waals surface area contributed by atoms with Crippen molar-refractivity contribution in [1.29, 1.82) is 0 Å². The first-order valence-corrected chi connectivity index (χ1v) is 24.3. The molecule has 19 N–H and O–H groups in total. The van der Waals surface area contributed by atoms with Gasteiger partial charge in [-0.1, -0.05) is 60.1 Å². The first-order chi connectivity index (χ1) is 34.6. The summed E-state index contributed by atoms with van der Waals surface area (Å²) in [6.07, 6.45) is -5.27. The van der Waals surface area contributed by atoms with Crippen molar-refractivity contribution in [2.24, 2.45) is 39.9 Å². The average molecular weight is 1050 g/mol. The molecule has 27 nitrogen and oxygen atoms in total. The molecular weight excluding hydrogens is 975 g/mol. The van der Waals surface area contributed by atoms with Gasteiger partial charge in [0.15, 0.2) is 5.96 Å². The summed E-state index contributed by atoms with van der Waals surface area (Å²) >= 11 is 0. The second kappa shape index (κ2) is 32.8. The largest absolute Gasteiger partial charge is 0.508 e. The van der Waals surface area contributed by atoms with Gasteiger partial charge in [0.05, 0.1) is 18.1 Å². The van der Waals surface area contributed by atoms with E-state index >= 15 is 0 Å². The van der Waals surface area contributed by atoms with E-state index in [9.17, 15) is 78.6 Å². The molecule has 0 bridgehead atoms. The lowest BCUT2D eigenvalue weighted by Crippen LogP contribution is -2.62. The molecule has 6 amide bonds. The van der Waals surface area contributed by atoms with Gasteiger partial charge in [-0.05, 0) is 80.4 Å². The number of phenols is 1. The van der Waals surface area contributed by atoms with Crippen LogP contribution in [-0.2, 0) is 54.4 Å². The lowest BCUT2D eigenvalue weighted by Gasteiger charge is -2.33. The van der Waals surface area contributed by atoms with Crippen LogP contribution in [0.1, 0.15) is 111 Å². The number of aromatic hydroxyl groups is 1. The second-order valence-corrected chi connectivity index (χ2v) is 18.8. The van der Waals surface area contributed by atoms with E-state index in [4.69, 9.17) is 17.2 Å². The number of phenolic OH excluding ortho intramolecular Hbond substituents is 1. The molecule has 27 heteroatoms. The number of amides is 6. The zero-order valence-electron chi connectivity index (χ0n) is 42.7. The fraction of sp³-hybridized carbons (Fsp3) is 0.638. The zero-order chi connectivity index (χ0) is 56.4. The molecule has 0 radical (unpaired) electrons. The van der Waals surface area contributed by atoms with Gasteiger partial charge in [0.1, 0.15) is 42.2 Å². The highest BCUT2D eigenvalue weighted by Gasteiger charge is 2.37. The normalized spacial score (nSPS) is 15.3. The van der Waals surface area contributed by atoms with Gasteiger partial charge in [-0.3, -0.25) is 53.5 Å². The molecule has 1 aromatic carbocycles. The zero-order valence-corrected chi connectivity index (χ0v) is 42.7. The molecule has 10 unspecified atom stereocenters. The first kappa shape index (κ1) is 64.9. The Bertz CT molecular complexity index is 2090. The minimum atomic E-state index is -1.95. The van der Waals surface area contributed by atoms with Crippen LogP contribution in [0.15, 0.2) is 29.3 Å². The Hall–Kier alpha value is -7.13. The highest BCUT2D eigenvalue weighted by molar-refractivity contribution is 5.95. The molecule has 74 heavy (non-hydrogen) atoms. The van der Waals surface area contributed by atoms with E-state index in [-0.39, 0.29) is 56.3 Å². The van der Waals surface area contributed by atoms with Crippen molar-refractivity contribution in [1.82, 2.24) is 37.2 Å². The van der Waals surface area contributed by atoms with Gasteiger partial charge in [-0.25, -0.2) is 4.79 Å². The van der Waals surface area contributed by atoms with Gasteiger partial charge in [-0.2, -0.15) is 0 Å². The number of carboxylic acids is 4. The van der Waals surface area contributed by atoms with Crippen molar-refractivity contribution in [3.8, 4) is 5.75 Å². The summed E-state index contributed by atoms with van der Waals surface area (Å²) in [5.41, 5.74) is 17.5. The van der Waals surface area contributed by atoms with Crippen molar-refractivity contribution in [2.45, 2.75) is 167 Å². The summed E-state index contributed by atoms with van der Waals surface area (Å²) in [7, 11) is 0. The minimum Gasteiger partial charge on any atom is -0.508 e. The topological polar surface area (TPSA) is 467 Å². The molecule has 0 aliphatic heterocycles. The van der Waals surface area contributed by atoms with Crippen LogP contribution in [0.3, 0.4) is 0 Å². The lowest BCUT2D eigenvalue weighted by atomic mass is 9.96. The van der Waals surface area contributed by atoms with E-state index in [1.807, 2.05) is 0 Å². The number of benzene rings is 1. The number of aliphatic imine (C=N–C) groups is 1. The number of aliphatic carboxylic acids is 4. The highest BCUT2D eigenvalue weighted by Crippen LogP contribution is 2.16. The number of hydrogen-bond donors (Lipinski definition) is 16. The molecule has 1 rings (SSSR count). The van der Waals surface area contributed by atoms with E-state index in [2.05, 4.69) is 42.2 Å². The molecule has 0 fully saturated rings. The number of aliphatic hydroxyl groups excluding tert-OH is 1. The smallest absolute Gasteiger partial charge is 0.326 e. The number of carboxylic acid groups (broad SMARTS) is 4. The molecule has 0 saturated heterocycles. The number of rotatable bonds is 36. The number of aliphatic hydroxyl groups is 1. The average Bonchev–Trinajstić information content (AvgIpc) is 3.31. The quantitative estimate of drug-likeness (QED) is 0.0149. The Morgan fingerprint density at radius 2 is 1.05 bits per heavy atom. The number of nitrogens with two attached hydrogens (primary N) is 3. The third kappa shape index (κ3) is 25.0. The van der Waals surface area contributed by atoms with Gasteiger partial charge in [0.25, 0.3) is 0 Å². The van der Waals surface area contributed by atoms with Gasteiger partial charge < -0.3 is 79.7 Å². The number of carbonyl (C=O) groups is 10. The molecule has 0 heterocycles. The van der Waals surface area contributed by atoms with Crippen molar-refractivity contribution < 1.29 is 78.6 Å². The fourth-order valence-corrected chi connectivity index (χ4v) is 7.29. The summed E-state index contributed by atoms with van der Waals surface area (Å²) in [6.45, 7) is 10.1.